The normalized spacial score (nSPS) is 12.3. The molecule has 6 heteroatoms. The Hall–Kier alpha value is -3.54. The summed E-state index contributed by atoms with van der Waals surface area (Å²) < 4.78 is 13.8. The van der Waals surface area contributed by atoms with Crippen LogP contribution in [0.15, 0.2) is 60.8 Å². The predicted molar refractivity (Wildman–Crippen MR) is 105 cm³/mol. The first-order valence-electron chi connectivity index (χ1n) is 9.05. The standard InChI is InChI=1S/C22H18FN3O2/c23-17-9-10-18(25-22(28)19-6-1-2-11-24-19)20(13-17)26-21(27)16-8-7-14-4-3-5-15(14)12-16/h1-2,6-13H,3-5H2,(H,25,28)(H,26,27). The van der Waals surface area contributed by atoms with Crippen molar-refractivity contribution in [3.63, 3.8) is 0 Å². The van der Waals surface area contributed by atoms with Crippen LogP contribution in [0.25, 0.3) is 0 Å². The van der Waals surface area contributed by atoms with Crippen molar-refractivity contribution in [3.05, 3.63) is 89.0 Å². The number of nitrogens with one attached hydrogen (secondary N) is 2. The van der Waals surface area contributed by atoms with Gasteiger partial charge in [-0.05, 0) is 72.9 Å². The van der Waals surface area contributed by atoms with E-state index in [4.69, 9.17) is 0 Å². The highest BCUT2D eigenvalue weighted by molar-refractivity contribution is 6.09. The van der Waals surface area contributed by atoms with Gasteiger partial charge in [0.25, 0.3) is 11.8 Å². The van der Waals surface area contributed by atoms with Crippen LogP contribution in [0.3, 0.4) is 0 Å². The number of anilines is 2. The van der Waals surface area contributed by atoms with Crippen molar-refractivity contribution >= 4 is 23.2 Å². The second-order valence-electron chi connectivity index (χ2n) is 6.65. The molecule has 1 aromatic heterocycles. The summed E-state index contributed by atoms with van der Waals surface area (Å²) in [5, 5.41) is 5.37. The number of pyridine rings is 1. The third-order valence-corrected chi connectivity index (χ3v) is 4.74. The Morgan fingerprint density at radius 1 is 0.857 bits per heavy atom. The summed E-state index contributed by atoms with van der Waals surface area (Å²) in [5.41, 5.74) is 3.66. The lowest BCUT2D eigenvalue weighted by Crippen LogP contribution is -2.17. The van der Waals surface area contributed by atoms with Gasteiger partial charge >= 0.3 is 0 Å². The third-order valence-electron chi connectivity index (χ3n) is 4.74. The fourth-order valence-corrected chi connectivity index (χ4v) is 3.32. The van der Waals surface area contributed by atoms with Gasteiger partial charge in [0.2, 0.25) is 0 Å². The van der Waals surface area contributed by atoms with Gasteiger partial charge in [-0.2, -0.15) is 0 Å². The van der Waals surface area contributed by atoms with Crippen molar-refractivity contribution in [2.24, 2.45) is 0 Å². The number of aryl methyl sites for hydroxylation is 2. The zero-order valence-electron chi connectivity index (χ0n) is 15.0. The maximum absolute atomic E-state index is 13.8. The summed E-state index contributed by atoms with van der Waals surface area (Å²) in [6.07, 6.45) is 4.59. The summed E-state index contributed by atoms with van der Waals surface area (Å²) in [6, 6.07) is 14.4. The van der Waals surface area contributed by atoms with Crippen molar-refractivity contribution in [3.8, 4) is 0 Å². The summed E-state index contributed by atoms with van der Waals surface area (Å²) in [4.78, 5) is 29.0. The molecule has 0 aliphatic heterocycles. The Labute approximate surface area is 161 Å². The Kier molecular flexibility index (Phi) is 4.85. The molecule has 2 aromatic carbocycles. The molecule has 1 heterocycles. The average Bonchev–Trinajstić information content (AvgIpc) is 3.18. The first kappa shape index (κ1) is 17.9. The Morgan fingerprint density at radius 3 is 2.50 bits per heavy atom. The molecule has 140 valence electrons. The SMILES string of the molecule is O=C(Nc1cc(F)ccc1NC(=O)c1ccccn1)c1ccc2c(c1)CCC2. The van der Waals surface area contributed by atoms with Crippen LogP contribution in [-0.4, -0.2) is 16.8 Å². The quantitative estimate of drug-likeness (QED) is 0.717. The minimum absolute atomic E-state index is 0.190. The van der Waals surface area contributed by atoms with E-state index in [0.717, 1.165) is 19.3 Å². The molecule has 1 aliphatic rings. The maximum Gasteiger partial charge on any atom is 0.274 e. The molecule has 0 spiro atoms. The van der Waals surface area contributed by atoms with Gasteiger partial charge in [-0.15, -0.1) is 0 Å². The van der Waals surface area contributed by atoms with E-state index in [1.807, 2.05) is 12.1 Å². The highest BCUT2D eigenvalue weighted by atomic mass is 19.1. The van der Waals surface area contributed by atoms with E-state index in [9.17, 15) is 14.0 Å². The number of hydrogen-bond acceptors (Lipinski definition) is 3. The fraction of sp³-hybridized carbons (Fsp3) is 0.136. The Balaban J connectivity index is 1.56. The lowest BCUT2D eigenvalue weighted by Gasteiger charge is -2.13. The van der Waals surface area contributed by atoms with Gasteiger partial charge in [-0.1, -0.05) is 12.1 Å². The average molecular weight is 375 g/mol. The van der Waals surface area contributed by atoms with Crippen LogP contribution in [0.5, 0.6) is 0 Å². The number of amides is 2. The van der Waals surface area contributed by atoms with Crippen LogP contribution in [0, 0.1) is 5.82 Å². The molecule has 5 nitrogen and oxygen atoms in total. The first-order valence-corrected chi connectivity index (χ1v) is 9.05. The molecule has 4 rings (SSSR count). The van der Waals surface area contributed by atoms with E-state index in [1.165, 1.54) is 35.5 Å². The van der Waals surface area contributed by atoms with Crippen LogP contribution in [0.4, 0.5) is 15.8 Å². The van der Waals surface area contributed by atoms with Crippen LogP contribution >= 0.6 is 0 Å². The molecule has 1 aliphatic carbocycles. The van der Waals surface area contributed by atoms with Crippen LogP contribution in [-0.2, 0) is 12.8 Å². The molecule has 0 bridgehead atoms. The van der Waals surface area contributed by atoms with E-state index >= 15 is 0 Å². The zero-order chi connectivity index (χ0) is 19.5. The number of carbonyl (C=O) groups is 2. The smallest absolute Gasteiger partial charge is 0.274 e. The largest absolute Gasteiger partial charge is 0.320 e. The molecule has 0 unspecified atom stereocenters. The number of aromatic nitrogens is 1. The summed E-state index contributed by atoms with van der Waals surface area (Å²) in [6.45, 7) is 0. The molecular weight excluding hydrogens is 357 g/mol. The van der Waals surface area contributed by atoms with Gasteiger partial charge in [-0.25, -0.2) is 4.39 Å². The molecule has 0 atom stereocenters. The van der Waals surface area contributed by atoms with Gasteiger partial charge in [0, 0.05) is 11.8 Å². The molecule has 2 amide bonds. The molecule has 28 heavy (non-hydrogen) atoms. The number of halogens is 1. The number of hydrogen-bond donors (Lipinski definition) is 2. The summed E-state index contributed by atoms with van der Waals surface area (Å²) in [5.74, 6) is -1.31. The van der Waals surface area contributed by atoms with Crippen molar-refractivity contribution in [1.29, 1.82) is 0 Å². The van der Waals surface area contributed by atoms with Crippen molar-refractivity contribution in [1.82, 2.24) is 4.98 Å². The lowest BCUT2D eigenvalue weighted by atomic mass is 10.1. The van der Waals surface area contributed by atoms with Crippen LogP contribution < -0.4 is 10.6 Å². The molecular formula is C22H18FN3O2. The van der Waals surface area contributed by atoms with Gasteiger partial charge in [0.1, 0.15) is 11.5 Å². The van der Waals surface area contributed by atoms with Gasteiger partial charge in [0.05, 0.1) is 11.4 Å². The van der Waals surface area contributed by atoms with Gasteiger partial charge in [-0.3, -0.25) is 14.6 Å². The predicted octanol–water partition coefficient (Wildman–Crippen LogP) is 4.21. The Bertz CT molecular complexity index is 1050. The number of nitrogens with zero attached hydrogens (tertiary/aromatic N) is 1. The third kappa shape index (κ3) is 3.76. The van der Waals surface area contributed by atoms with Crippen molar-refractivity contribution < 1.29 is 14.0 Å². The maximum atomic E-state index is 13.8. The van der Waals surface area contributed by atoms with Crippen molar-refractivity contribution in [2.45, 2.75) is 19.3 Å². The fourth-order valence-electron chi connectivity index (χ4n) is 3.32. The molecule has 3 aromatic rings. The molecule has 2 N–H and O–H groups in total. The second kappa shape index (κ2) is 7.60. The highest BCUT2D eigenvalue weighted by Gasteiger charge is 2.16. The van der Waals surface area contributed by atoms with E-state index in [2.05, 4.69) is 15.6 Å². The number of carbonyl (C=O) groups excluding carboxylic acids is 2. The first-order chi connectivity index (χ1) is 13.6. The lowest BCUT2D eigenvalue weighted by molar-refractivity contribution is 0.101. The van der Waals surface area contributed by atoms with E-state index in [-0.39, 0.29) is 17.3 Å². The molecule has 0 radical (unpaired) electrons. The minimum Gasteiger partial charge on any atom is -0.320 e. The topological polar surface area (TPSA) is 71.1 Å². The molecule has 0 saturated heterocycles. The van der Waals surface area contributed by atoms with Crippen LogP contribution in [0.2, 0.25) is 0 Å². The zero-order valence-corrected chi connectivity index (χ0v) is 15.0. The van der Waals surface area contributed by atoms with E-state index in [0.29, 0.717) is 11.3 Å². The van der Waals surface area contributed by atoms with E-state index in [1.54, 1.807) is 24.3 Å². The second-order valence-corrected chi connectivity index (χ2v) is 6.65. The number of benzene rings is 2. The van der Waals surface area contributed by atoms with Crippen molar-refractivity contribution in [2.75, 3.05) is 10.6 Å². The number of fused-ring (bicyclic) bond motifs is 1. The highest BCUT2D eigenvalue weighted by Crippen LogP contribution is 2.26. The van der Waals surface area contributed by atoms with E-state index < -0.39 is 11.7 Å². The van der Waals surface area contributed by atoms with Gasteiger partial charge in [0.15, 0.2) is 0 Å². The van der Waals surface area contributed by atoms with Crippen LogP contribution in [0.1, 0.15) is 38.4 Å². The minimum atomic E-state index is -0.514. The summed E-state index contributed by atoms with van der Waals surface area (Å²) >= 11 is 0. The van der Waals surface area contributed by atoms with Gasteiger partial charge < -0.3 is 10.6 Å². The monoisotopic (exact) mass is 375 g/mol. The molecule has 0 saturated carbocycles. The Morgan fingerprint density at radius 2 is 1.68 bits per heavy atom. The molecule has 0 fully saturated rings. The summed E-state index contributed by atoms with van der Waals surface area (Å²) in [7, 11) is 0. The number of rotatable bonds is 4.